The van der Waals surface area contributed by atoms with Crippen molar-refractivity contribution < 1.29 is 0 Å². The summed E-state index contributed by atoms with van der Waals surface area (Å²) in [6, 6.07) is 0.732. The molecular formula is C10H16N4O2S. The molecule has 94 valence electrons. The highest BCUT2D eigenvalue weighted by atomic mass is 32.2. The number of thioether (sulfide) groups is 1. The smallest absolute Gasteiger partial charge is 0.314 e. The molecule has 17 heavy (non-hydrogen) atoms. The van der Waals surface area contributed by atoms with E-state index in [1.165, 1.54) is 29.3 Å². The number of hydrogen-bond acceptors (Lipinski definition) is 5. The van der Waals surface area contributed by atoms with Crippen molar-refractivity contribution in [2.24, 2.45) is 7.05 Å². The number of aryl methyl sites for hydroxylation is 1. The van der Waals surface area contributed by atoms with Crippen LogP contribution in [0.25, 0.3) is 0 Å². The van der Waals surface area contributed by atoms with Gasteiger partial charge in [0.25, 0.3) is 0 Å². The Balaban J connectivity index is 1.79. The molecule has 0 atom stereocenters. The van der Waals surface area contributed by atoms with E-state index in [4.69, 9.17) is 0 Å². The lowest BCUT2D eigenvalue weighted by Gasteiger charge is -2.05. The predicted octanol–water partition coefficient (Wildman–Crippen LogP) is -0.297. The van der Waals surface area contributed by atoms with Gasteiger partial charge < -0.3 is 5.32 Å². The van der Waals surface area contributed by atoms with Crippen molar-refractivity contribution >= 4 is 11.8 Å². The molecule has 1 aromatic rings. The Morgan fingerprint density at radius 1 is 1.53 bits per heavy atom. The number of nitrogens with zero attached hydrogens (tertiary/aromatic N) is 2. The maximum Gasteiger partial charge on any atom is 0.339 e. The van der Waals surface area contributed by atoms with Crippen LogP contribution >= 0.6 is 11.8 Å². The number of aromatic amines is 1. The molecule has 6 nitrogen and oxygen atoms in total. The van der Waals surface area contributed by atoms with E-state index in [1.54, 1.807) is 7.05 Å². The molecular weight excluding hydrogens is 240 g/mol. The molecule has 1 fully saturated rings. The van der Waals surface area contributed by atoms with Gasteiger partial charge in [0.15, 0.2) is 5.16 Å². The minimum absolute atomic E-state index is 0.557. The highest BCUT2D eigenvalue weighted by molar-refractivity contribution is 7.99. The van der Waals surface area contributed by atoms with E-state index in [0.717, 1.165) is 24.8 Å². The van der Waals surface area contributed by atoms with Gasteiger partial charge in [-0.1, -0.05) is 11.8 Å². The molecule has 0 unspecified atom stereocenters. The first-order valence-electron chi connectivity index (χ1n) is 5.70. The van der Waals surface area contributed by atoms with E-state index < -0.39 is 11.1 Å². The first-order valence-corrected chi connectivity index (χ1v) is 6.69. The second-order valence-corrected chi connectivity index (χ2v) is 5.19. The molecule has 1 aliphatic carbocycles. The van der Waals surface area contributed by atoms with E-state index in [-0.39, 0.29) is 0 Å². The van der Waals surface area contributed by atoms with E-state index >= 15 is 0 Å². The van der Waals surface area contributed by atoms with Crippen LogP contribution in [0.4, 0.5) is 0 Å². The molecule has 1 saturated carbocycles. The second kappa shape index (κ2) is 5.50. The lowest BCUT2D eigenvalue weighted by Crippen LogP contribution is -2.33. The summed E-state index contributed by atoms with van der Waals surface area (Å²) in [5, 5.41) is 6.40. The van der Waals surface area contributed by atoms with Gasteiger partial charge in [0, 0.05) is 18.8 Å². The highest BCUT2D eigenvalue weighted by Gasteiger charge is 2.19. The lowest BCUT2D eigenvalue weighted by atomic mass is 10.5. The molecule has 1 heterocycles. The second-order valence-electron chi connectivity index (χ2n) is 4.13. The average molecular weight is 256 g/mol. The number of rotatable bonds is 6. The number of aromatic nitrogens is 3. The molecule has 2 rings (SSSR count). The van der Waals surface area contributed by atoms with Crippen molar-refractivity contribution in [2.75, 3.05) is 12.3 Å². The van der Waals surface area contributed by atoms with Crippen LogP contribution in [0.2, 0.25) is 0 Å². The zero-order chi connectivity index (χ0) is 12.3. The van der Waals surface area contributed by atoms with Crippen LogP contribution in [0.5, 0.6) is 0 Å². The SMILES string of the molecule is Cn1[nH]c(=O)c(=O)nc1SCCCNC1CC1. The maximum absolute atomic E-state index is 11.1. The first-order chi connectivity index (χ1) is 8.16. The van der Waals surface area contributed by atoms with Gasteiger partial charge in [-0.15, -0.1) is 0 Å². The Bertz CT molecular complexity index is 492. The summed E-state index contributed by atoms with van der Waals surface area (Å²) >= 11 is 1.48. The summed E-state index contributed by atoms with van der Waals surface area (Å²) in [4.78, 5) is 25.8. The minimum Gasteiger partial charge on any atom is -0.314 e. The Morgan fingerprint density at radius 3 is 3.00 bits per heavy atom. The van der Waals surface area contributed by atoms with Crippen LogP contribution in [0.15, 0.2) is 14.7 Å². The highest BCUT2D eigenvalue weighted by Crippen LogP contribution is 2.18. The molecule has 7 heteroatoms. The standard InChI is InChI=1S/C10H16N4O2S/c1-14-10(12-8(15)9(16)13-14)17-6-2-5-11-7-3-4-7/h7,11H,2-6H2,1H3,(H,13,16). The van der Waals surface area contributed by atoms with E-state index in [9.17, 15) is 9.59 Å². The number of hydrogen-bond donors (Lipinski definition) is 2. The topological polar surface area (TPSA) is 79.8 Å². The van der Waals surface area contributed by atoms with E-state index in [2.05, 4.69) is 15.4 Å². The summed E-state index contributed by atoms with van der Waals surface area (Å²) in [6.07, 6.45) is 3.61. The van der Waals surface area contributed by atoms with Gasteiger partial charge in [-0.25, -0.2) is 0 Å². The summed E-state index contributed by atoms with van der Waals surface area (Å²) in [7, 11) is 1.68. The Morgan fingerprint density at radius 2 is 2.29 bits per heavy atom. The molecule has 0 aromatic carbocycles. The molecule has 0 spiro atoms. The van der Waals surface area contributed by atoms with E-state index in [0.29, 0.717) is 5.16 Å². The third-order valence-electron chi connectivity index (χ3n) is 2.51. The summed E-state index contributed by atoms with van der Waals surface area (Å²) in [5.74, 6) is 0.881. The molecule has 1 aliphatic rings. The summed E-state index contributed by atoms with van der Waals surface area (Å²) < 4.78 is 1.49. The van der Waals surface area contributed by atoms with Gasteiger partial charge in [-0.05, 0) is 25.8 Å². The van der Waals surface area contributed by atoms with Gasteiger partial charge in [0.1, 0.15) is 0 Å². The van der Waals surface area contributed by atoms with Crippen LogP contribution in [0.3, 0.4) is 0 Å². The van der Waals surface area contributed by atoms with Crippen molar-refractivity contribution in [1.29, 1.82) is 0 Å². The average Bonchev–Trinajstić information content (AvgIpc) is 3.08. The van der Waals surface area contributed by atoms with Gasteiger partial charge in [0.05, 0.1) is 0 Å². The van der Waals surface area contributed by atoms with E-state index in [1.807, 2.05) is 0 Å². The zero-order valence-corrected chi connectivity index (χ0v) is 10.5. The lowest BCUT2D eigenvalue weighted by molar-refractivity contribution is 0.595. The third kappa shape index (κ3) is 3.71. The molecule has 0 radical (unpaired) electrons. The van der Waals surface area contributed by atoms with Crippen LogP contribution in [-0.4, -0.2) is 33.1 Å². The summed E-state index contributed by atoms with van der Waals surface area (Å²) in [6.45, 7) is 0.995. The van der Waals surface area contributed by atoms with Crippen molar-refractivity contribution in [3.05, 3.63) is 20.7 Å². The molecule has 0 saturated heterocycles. The van der Waals surface area contributed by atoms with Gasteiger partial charge in [0.2, 0.25) is 0 Å². The van der Waals surface area contributed by atoms with Crippen molar-refractivity contribution in [3.63, 3.8) is 0 Å². The quantitative estimate of drug-likeness (QED) is 0.415. The summed E-state index contributed by atoms with van der Waals surface area (Å²) in [5.41, 5.74) is -1.39. The molecule has 1 aromatic heterocycles. The third-order valence-corrected chi connectivity index (χ3v) is 3.63. The Hall–Kier alpha value is -1.08. The van der Waals surface area contributed by atoms with Gasteiger partial charge >= 0.3 is 11.1 Å². The Kier molecular flexibility index (Phi) is 4.01. The fourth-order valence-corrected chi connectivity index (χ4v) is 2.28. The minimum atomic E-state index is -0.721. The maximum atomic E-state index is 11.1. The fraction of sp³-hybridized carbons (Fsp3) is 0.700. The number of H-pyrrole nitrogens is 1. The fourth-order valence-electron chi connectivity index (χ4n) is 1.42. The normalized spacial score (nSPS) is 15.1. The Labute approximate surface area is 103 Å². The van der Waals surface area contributed by atoms with Crippen LogP contribution < -0.4 is 16.4 Å². The van der Waals surface area contributed by atoms with Crippen molar-refractivity contribution in [2.45, 2.75) is 30.5 Å². The van der Waals surface area contributed by atoms with Crippen molar-refractivity contribution in [3.8, 4) is 0 Å². The molecule has 2 N–H and O–H groups in total. The van der Waals surface area contributed by atoms with Crippen LogP contribution in [-0.2, 0) is 7.05 Å². The van der Waals surface area contributed by atoms with Gasteiger partial charge in [-0.2, -0.15) is 4.98 Å². The number of nitrogens with one attached hydrogen (secondary N) is 2. The van der Waals surface area contributed by atoms with Gasteiger partial charge in [-0.3, -0.25) is 19.4 Å². The first kappa shape index (κ1) is 12.4. The molecule has 0 amide bonds. The monoisotopic (exact) mass is 256 g/mol. The van der Waals surface area contributed by atoms with Crippen molar-refractivity contribution in [1.82, 2.24) is 20.1 Å². The largest absolute Gasteiger partial charge is 0.339 e. The molecule has 0 aliphatic heterocycles. The van der Waals surface area contributed by atoms with Crippen LogP contribution in [0.1, 0.15) is 19.3 Å². The van der Waals surface area contributed by atoms with Crippen LogP contribution in [0, 0.1) is 0 Å². The zero-order valence-electron chi connectivity index (χ0n) is 9.73. The predicted molar refractivity (Wildman–Crippen MR) is 66.5 cm³/mol. The molecule has 0 bridgehead atoms.